The average molecular weight is 231 g/mol. The Hall–Kier alpha value is -0.280. The quantitative estimate of drug-likeness (QED) is 0.848. The second kappa shape index (κ2) is 3.23. The van der Waals surface area contributed by atoms with Gasteiger partial charge < -0.3 is 9.52 Å². The standard InChI is InChI=1S/C9H11BrO2/c10-7-4-5-12-9(7)8(11)6-2-1-3-6/h4-6,8,11H,1-3H2. The van der Waals surface area contributed by atoms with Gasteiger partial charge in [0, 0.05) is 0 Å². The van der Waals surface area contributed by atoms with Crippen LogP contribution in [0.25, 0.3) is 0 Å². The fourth-order valence-corrected chi connectivity index (χ4v) is 1.92. The van der Waals surface area contributed by atoms with Crippen LogP contribution in [0, 0.1) is 5.92 Å². The van der Waals surface area contributed by atoms with Crippen LogP contribution in [0.15, 0.2) is 21.2 Å². The summed E-state index contributed by atoms with van der Waals surface area (Å²) in [6, 6.07) is 1.82. The maximum absolute atomic E-state index is 9.79. The van der Waals surface area contributed by atoms with Gasteiger partial charge in [-0.2, -0.15) is 0 Å². The highest BCUT2D eigenvalue weighted by Gasteiger charge is 2.29. The van der Waals surface area contributed by atoms with Gasteiger partial charge in [-0.15, -0.1) is 0 Å². The molecular weight excluding hydrogens is 220 g/mol. The molecule has 3 heteroatoms. The van der Waals surface area contributed by atoms with E-state index >= 15 is 0 Å². The van der Waals surface area contributed by atoms with Crippen molar-refractivity contribution in [2.75, 3.05) is 0 Å². The first-order valence-corrected chi connectivity index (χ1v) is 4.99. The Labute approximate surface area is 79.7 Å². The largest absolute Gasteiger partial charge is 0.465 e. The molecule has 1 N–H and O–H groups in total. The highest BCUT2D eigenvalue weighted by molar-refractivity contribution is 9.10. The van der Waals surface area contributed by atoms with Crippen LogP contribution in [0.1, 0.15) is 31.1 Å². The maximum Gasteiger partial charge on any atom is 0.146 e. The molecule has 2 nitrogen and oxygen atoms in total. The maximum atomic E-state index is 9.79. The third-order valence-electron chi connectivity index (χ3n) is 2.51. The highest BCUT2D eigenvalue weighted by atomic mass is 79.9. The van der Waals surface area contributed by atoms with E-state index in [1.165, 1.54) is 6.42 Å². The summed E-state index contributed by atoms with van der Waals surface area (Å²) in [4.78, 5) is 0. The molecule has 1 aliphatic rings. The summed E-state index contributed by atoms with van der Waals surface area (Å²) in [5, 5.41) is 9.79. The predicted molar refractivity (Wildman–Crippen MR) is 48.7 cm³/mol. The van der Waals surface area contributed by atoms with Crippen LogP contribution in [-0.2, 0) is 0 Å². The van der Waals surface area contributed by atoms with Crippen molar-refractivity contribution >= 4 is 15.9 Å². The van der Waals surface area contributed by atoms with Gasteiger partial charge in [-0.25, -0.2) is 0 Å². The molecule has 0 radical (unpaired) electrons. The molecule has 66 valence electrons. The van der Waals surface area contributed by atoms with E-state index in [4.69, 9.17) is 4.42 Å². The zero-order valence-corrected chi connectivity index (χ0v) is 8.25. The highest BCUT2D eigenvalue weighted by Crippen LogP contribution is 2.39. The molecule has 0 amide bonds. The number of hydrogen-bond acceptors (Lipinski definition) is 2. The number of hydrogen-bond donors (Lipinski definition) is 1. The molecule has 2 rings (SSSR count). The van der Waals surface area contributed by atoms with Crippen molar-refractivity contribution in [1.29, 1.82) is 0 Å². The lowest BCUT2D eigenvalue weighted by Crippen LogP contribution is -2.19. The summed E-state index contributed by atoms with van der Waals surface area (Å²) in [6.07, 6.45) is 4.66. The molecule has 1 saturated carbocycles. The molecule has 1 unspecified atom stereocenters. The van der Waals surface area contributed by atoms with Crippen LogP contribution in [-0.4, -0.2) is 5.11 Å². The lowest BCUT2D eigenvalue weighted by molar-refractivity contribution is 0.0437. The molecule has 12 heavy (non-hydrogen) atoms. The van der Waals surface area contributed by atoms with Crippen molar-refractivity contribution in [2.24, 2.45) is 5.92 Å². The van der Waals surface area contributed by atoms with E-state index in [1.807, 2.05) is 6.07 Å². The first kappa shape index (κ1) is 8.32. The fraction of sp³-hybridized carbons (Fsp3) is 0.556. The number of rotatable bonds is 2. The normalized spacial score (nSPS) is 20.5. The molecule has 1 aromatic heterocycles. The van der Waals surface area contributed by atoms with E-state index in [9.17, 15) is 5.11 Å². The molecule has 0 spiro atoms. The minimum Gasteiger partial charge on any atom is -0.465 e. The Kier molecular flexibility index (Phi) is 2.24. The lowest BCUT2D eigenvalue weighted by atomic mass is 9.80. The molecule has 1 heterocycles. The summed E-state index contributed by atoms with van der Waals surface area (Å²) in [5.74, 6) is 1.09. The smallest absolute Gasteiger partial charge is 0.146 e. The van der Waals surface area contributed by atoms with Crippen molar-refractivity contribution < 1.29 is 9.52 Å². The van der Waals surface area contributed by atoms with E-state index in [-0.39, 0.29) is 0 Å². The fourth-order valence-electron chi connectivity index (χ4n) is 1.49. The minimum atomic E-state index is -0.414. The second-order valence-electron chi connectivity index (χ2n) is 3.27. The Morgan fingerprint density at radius 2 is 2.33 bits per heavy atom. The van der Waals surface area contributed by atoms with Crippen LogP contribution >= 0.6 is 15.9 Å². The zero-order valence-electron chi connectivity index (χ0n) is 6.66. The van der Waals surface area contributed by atoms with E-state index in [0.717, 1.165) is 17.3 Å². The van der Waals surface area contributed by atoms with Crippen LogP contribution in [0.2, 0.25) is 0 Å². The Morgan fingerprint density at radius 3 is 2.75 bits per heavy atom. The Morgan fingerprint density at radius 1 is 1.58 bits per heavy atom. The first-order valence-electron chi connectivity index (χ1n) is 4.20. The monoisotopic (exact) mass is 230 g/mol. The molecule has 0 aliphatic heterocycles. The average Bonchev–Trinajstić information content (AvgIpc) is 2.31. The first-order chi connectivity index (χ1) is 5.79. The van der Waals surface area contributed by atoms with E-state index in [2.05, 4.69) is 15.9 Å². The van der Waals surface area contributed by atoms with Gasteiger partial charge in [-0.3, -0.25) is 0 Å². The van der Waals surface area contributed by atoms with Crippen LogP contribution < -0.4 is 0 Å². The summed E-state index contributed by atoms with van der Waals surface area (Å²) in [5.41, 5.74) is 0. The third-order valence-corrected chi connectivity index (χ3v) is 3.16. The van der Waals surface area contributed by atoms with Crippen LogP contribution in [0.5, 0.6) is 0 Å². The topological polar surface area (TPSA) is 33.4 Å². The SMILES string of the molecule is OC(c1occc1Br)C1CCC1. The van der Waals surface area contributed by atoms with Gasteiger partial charge in [-0.1, -0.05) is 6.42 Å². The number of furan rings is 1. The summed E-state index contributed by atoms with van der Waals surface area (Å²) < 4.78 is 6.06. The lowest BCUT2D eigenvalue weighted by Gasteiger charge is -2.29. The van der Waals surface area contributed by atoms with Gasteiger partial charge in [0.1, 0.15) is 11.9 Å². The van der Waals surface area contributed by atoms with Crippen LogP contribution in [0.4, 0.5) is 0 Å². The van der Waals surface area contributed by atoms with Gasteiger partial charge in [0.15, 0.2) is 0 Å². The Balaban J connectivity index is 2.13. The van der Waals surface area contributed by atoms with E-state index in [0.29, 0.717) is 11.7 Å². The predicted octanol–water partition coefficient (Wildman–Crippen LogP) is 2.88. The van der Waals surface area contributed by atoms with E-state index < -0.39 is 6.10 Å². The third kappa shape index (κ3) is 1.31. The number of aliphatic hydroxyl groups is 1. The summed E-state index contributed by atoms with van der Waals surface area (Å²) in [6.45, 7) is 0. The minimum absolute atomic E-state index is 0.410. The molecule has 1 fully saturated rings. The molecule has 0 bridgehead atoms. The number of halogens is 1. The van der Waals surface area contributed by atoms with Gasteiger partial charge in [-0.05, 0) is 40.8 Å². The van der Waals surface area contributed by atoms with Crippen molar-refractivity contribution in [3.05, 3.63) is 22.6 Å². The van der Waals surface area contributed by atoms with Crippen molar-refractivity contribution in [1.82, 2.24) is 0 Å². The van der Waals surface area contributed by atoms with E-state index in [1.54, 1.807) is 6.26 Å². The molecule has 1 atom stereocenters. The molecule has 1 aliphatic carbocycles. The Bertz CT molecular complexity index is 265. The van der Waals surface area contributed by atoms with Gasteiger partial charge in [0.2, 0.25) is 0 Å². The molecule has 0 aromatic carbocycles. The molecule has 1 aromatic rings. The van der Waals surface area contributed by atoms with Crippen molar-refractivity contribution in [3.63, 3.8) is 0 Å². The van der Waals surface area contributed by atoms with Crippen molar-refractivity contribution in [2.45, 2.75) is 25.4 Å². The zero-order chi connectivity index (χ0) is 8.55. The van der Waals surface area contributed by atoms with Gasteiger partial charge in [0.05, 0.1) is 10.7 Å². The number of aliphatic hydroxyl groups excluding tert-OH is 1. The van der Waals surface area contributed by atoms with Gasteiger partial charge >= 0.3 is 0 Å². The van der Waals surface area contributed by atoms with Gasteiger partial charge in [0.25, 0.3) is 0 Å². The second-order valence-corrected chi connectivity index (χ2v) is 4.12. The summed E-state index contributed by atoms with van der Waals surface area (Å²) >= 11 is 3.33. The van der Waals surface area contributed by atoms with Crippen molar-refractivity contribution in [3.8, 4) is 0 Å². The van der Waals surface area contributed by atoms with Crippen LogP contribution in [0.3, 0.4) is 0 Å². The molecular formula is C9H11BrO2. The molecule has 0 saturated heterocycles. The summed E-state index contributed by atoms with van der Waals surface area (Å²) in [7, 11) is 0.